The third kappa shape index (κ3) is 5.04. The van der Waals surface area contributed by atoms with Gasteiger partial charge in [0.1, 0.15) is 11.6 Å². The van der Waals surface area contributed by atoms with Crippen LogP contribution in [-0.4, -0.2) is 11.8 Å². The summed E-state index contributed by atoms with van der Waals surface area (Å²) in [7, 11) is 0. The van der Waals surface area contributed by atoms with Crippen LogP contribution >= 0.6 is 0 Å². The largest absolute Gasteiger partial charge is 0.469 e. The molecule has 6 heteroatoms. The molecule has 2 amide bonds. The number of amides is 2. The third-order valence-corrected chi connectivity index (χ3v) is 4.05. The lowest BCUT2D eigenvalue weighted by molar-refractivity contribution is -0.117. The van der Waals surface area contributed by atoms with Gasteiger partial charge in [-0.15, -0.1) is 0 Å². The van der Waals surface area contributed by atoms with Crippen LogP contribution < -0.4 is 10.6 Å². The molecule has 1 atom stereocenters. The molecule has 3 rings (SSSR count). The zero-order chi connectivity index (χ0) is 19.2. The number of benzene rings is 2. The van der Waals surface area contributed by atoms with Gasteiger partial charge in [-0.1, -0.05) is 12.1 Å². The Morgan fingerprint density at radius 1 is 0.963 bits per heavy atom. The molecule has 0 aliphatic heterocycles. The highest BCUT2D eigenvalue weighted by molar-refractivity contribution is 5.96. The highest BCUT2D eigenvalue weighted by atomic mass is 19.1. The van der Waals surface area contributed by atoms with Gasteiger partial charge in [0, 0.05) is 24.7 Å². The minimum atomic E-state index is -0.535. The van der Waals surface area contributed by atoms with Crippen molar-refractivity contribution in [3.8, 4) is 0 Å². The summed E-state index contributed by atoms with van der Waals surface area (Å²) in [4.78, 5) is 24.0. The number of hydrogen-bond acceptors (Lipinski definition) is 3. The zero-order valence-electron chi connectivity index (χ0n) is 14.7. The first-order valence-electron chi connectivity index (χ1n) is 8.47. The van der Waals surface area contributed by atoms with Crippen LogP contribution in [0, 0.1) is 5.82 Å². The molecule has 27 heavy (non-hydrogen) atoms. The molecule has 0 aliphatic carbocycles. The van der Waals surface area contributed by atoms with E-state index >= 15 is 0 Å². The van der Waals surface area contributed by atoms with E-state index < -0.39 is 5.92 Å². The Labute approximate surface area is 156 Å². The van der Waals surface area contributed by atoms with Gasteiger partial charge in [-0.3, -0.25) is 9.59 Å². The van der Waals surface area contributed by atoms with Crippen molar-refractivity contribution < 1.29 is 18.4 Å². The molecule has 0 spiro atoms. The van der Waals surface area contributed by atoms with Gasteiger partial charge >= 0.3 is 0 Å². The van der Waals surface area contributed by atoms with E-state index in [1.54, 1.807) is 54.8 Å². The summed E-state index contributed by atoms with van der Waals surface area (Å²) in [6.45, 7) is 1.43. The lowest BCUT2D eigenvalue weighted by Gasteiger charge is -2.17. The topological polar surface area (TPSA) is 71.3 Å². The lowest BCUT2D eigenvalue weighted by atomic mass is 9.93. The van der Waals surface area contributed by atoms with Crippen molar-refractivity contribution in [1.82, 2.24) is 0 Å². The van der Waals surface area contributed by atoms with Crippen molar-refractivity contribution in [3.63, 3.8) is 0 Å². The van der Waals surface area contributed by atoms with E-state index in [2.05, 4.69) is 10.6 Å². The smallest absolute Gasteiger partial charge is 0.232 e. The predicted octanol–water partition coefficient (Wildman–Crippen LogP) is 4.34. The molecular weight excluding hydrogens is 347 g/mol. The first-order valence-corrected chi connectivity index (χ1v) is 8.47. The van der Waals surface area contributed by atoms with E-state index in [1.807, 2.05) is 0 Å². The molecule has 0 bridgehead atoms. The van der Waals surface area contributed by atoms with Crippen molar-refractivity contribution in [2.75, 3.05) is 10.6 Å². The van der Waals surface area contributed by atoms with Gasteiger partial charge in [0.25, 0.3) is 0 Å². The molecule has 138 valence electrons. The van der Waals surface area contributed by atoms with E-state index in [0.29, 0.717) is 29.1 Å². The molecule has 0 fully saturated rings. The molecule has 3 aromatic rings. The van der Waals surface area contributed by atoms with Gasteiger partial charge in [-0.25, -0.2) is 4.39 Å². The maximum absolute atomic E-state index is 13.3. The third-order valence-electron chi connectivity index (χ3n) is 4.05. The van der Waals surface area contributed by atoms with Gasteiger partial charge in [0.15, 0.2) is 0 Å². The first kappa shape index (κ1) is 18.4. The van der Waals surface area contributed by atoms with E-state index in [0.717, 1.165) is 0 Å². The fourth-order valence-corrected chi connectivity index (χ4v) is 2.76. The minimum absolute atomic E-state index is 0.165. The van der Waals surface area contributed by atoms with Crippen LogP contribution in [0.4, 0.5) is 15.8 Å². The average molecular weight is 366 g/mol. The molecule has 1 aromatic heterocycles. The van der Waals surface area contributed by atoms with Crippen molar-refractivity contribution in [3.05, 3.63) is 84.1 Å². The average Bonchev–Trinajstić information content (AvgIpc) is 3.15. The molecule has 5 nitrogen and oxygen atoms in total. The Kier molecular flexibility index (Phi) is 5.66. The normalized spacial score (nSPS) is 11.6. The Morgan fingerprint density at radius 3 is 2.15 bits per heavy atom. The first-order chi connectivity index (χ1) is 13.0. The van der Waals surface area contributed by atoms with Gasteiger partial charge in [-0.05, 0) is 54.1 Å². The number of carbonyl (C=O) groups is 2. The summed E-state index contributed by atoms with van der Waals surface area (Å²) >= 11 is 0. The number of nitrogens with one attached hydrogen (secondary N) is 2. The van der Waals surface area contributed by atoms with E-state index in [1.165, 1.54) is 19.1 Å². The van der Waals surface area contributed by atoms with Crippen molar-refractivity contribution in [2.24, 2.45) is 0 Å². The second-order valence-corrected chi connectivity index (χ2v) is 6.14. The van der Waals surface area contributed by atoms with Crippen LogP contribution in [0.5, 0.6) is 0 Å². The quantitative estimate of drug-likeness (QED) is 0.682. The summed E-state index contributed by atoms with van der Waals surface area (Å²) in [5.41, 5.74) is 1.94. The second kappa shape index (κ2) is 8.31. The van der Waals surface area contributed by atoms with Crippen LogP contribution in [0.2, 0.25) is 0 Å². The van der Waals surface area contributed by atoms with Crippen LogP contribution in [0.3, 0.4) is 0 Å². The molecule has 1 heterocycles. The van der Waals surface area contributed by atoms with Crippen LogP contribution in [0.15, 0.2) is 71.3 Å². The Hall–Kier alpha value is -3.41. The zero-order valence-corrected chi connectivity index (χ0v) is 14.7. The van der Waals surface area contributed by atoms with Crippen LogP contribution in [-0.2, 0) is 16.0 Å². The lowest BCUT2D eigenvalue weighted by Crippen LogP contribution is -2.23. The number of hydrogen-bond donors (Lipinski definition) is 2. The summed E-state index contributed by atoms with van der Waals surface area (Å²) in [5, 5.41) is 5.53. The maximum atomic E-state index is 13.3. The van der Waals surface area contributed by atoms with Gasteiger partial charge in [-0.2, -0.15) is 0 Å². The highest BCUT2D eigenvalue weighted by Gasteiger charge is 2.22. The molecule has 0 saturated heterocycles. The van der Waals surface area contributed by atoms with Gasteiger partial charge in [0.2, 0.25) is 11.8 Å². The molecule has 0 aliphatic rings. The van der Waals surface area contributed by atoms with Crippen molar-refractivity contribution in [1.29, 1.82) is 0 Å². The maximum Gasteiger partial charge on any atom is 0.232 e. The summed E-state index contributed by atoms with van der Waals surface area (Å²) in [6, 6.07) is 16.2. The summed E-state index contributed by atoms with van der Waals surface area (Å²) in [6.07, 6.45) is 1.91. The Morgan fingerprint density at radius 2 is 1.59 bits per heavy atom. The number of anilines is 2. The SMILES string of the molecule is CC(=O)Nc1ccc(NC(=O)C(Cc2ccco2)c2ccc(F)cc2)cc1. The highest BCUT2D eigenvalue weighted by Crippen LogP contribution is 2.24. The van der Waals surface area contributed by atoms with Crippen LogP contribution in [0.1, 0.15) is 24.2 Å². The summed E-state index contributed by atoms with van der Waals surface area (Å²) < 4.78 is 18.6. The monoisotopic (exact) mass is 366 g/mol. The molecule has 0 radical (unpaired) electrons. The number of halogens is 1. The molecule has 0 saturated carbocycles. The summed E-state index contributed by atoms with van der Waals surface area (Å²) in [5.74, 6) is -0.622. The van der Waals surface area contributed by atoms with Crippen molar-refractivity contribution >= 4 is 23.2 Å². The number of rotatable bonds is 6. The van der Waals surface area contributed by atoms with E-state index in [9.17, 15) is 14.0 Å². The van der Waals surface area contributed by atoms with E-state index in [4.69, 9.17) is 4.42 Å². The minimum Gasteiger partial charge on any atom is -0.469 e. The molecule has 2 aromatic carbocycles. The Balaban J connectivity index is 1.77. The standard InChI is InChI=1S/C21H19FN2O3/c1-14(25)23-17-8-10-18(11-9-17)24-21(26)20(13-19-3-2-12-27-19)15-4-6-16(22)7-5-15/h2-12,20H,13H2,1H3,(H,23,25)(H,24,26). The van der Waals surface area contributed by atoms with Crippen molar-refractivity contribution in [2.45, 2.75) is 19.3 Å². The fraction of sp³-hybridized carbons (Fsp3) is 0.143. The molecule has 2 N–H and O–H groups in total. The van der Waals surface area contributed by atoms with Gasteiger partial charge in [0.05, 0.1) is 12.2 Å². The second-order valence-electron chi connectivity index (χ2n) is 6.14. The Bertz CT molecular complexity index is 904. The van der Waals surface area contributed by atoms with Crippen LogP contribution in [0.25, 0.3) is 0 Å². The molecule has 1 unspecified atom stereocenters. The predicted molar refractivity (Wildman–Crippen MR) is 101 cm³/mol. The van der Waals surface area contributed by atoms with E-state index in [-0.39, 0.29) is 17.6 Å². The van der Waals surface area contributed by atoms with Gasteiger partial charge < -0.3 is 15.1 Å². The fourth-order valence-electron chi connectivity index (χ4n) is 2.76. The number of carbonyl (C=O) groups excluding carboxylic acids is 2. The molecular formula is C21H19FN2O3. The number of furan rings is 1.